The molecule has 0 bridgehead atoms. The number of methoxy groups -OCH3 is 1. The van der Waals surface area contributed by atoms with Crippen LogP contribution in [0.15, 0.2) is 54.7 Å². The monoisotopic (exact) mass is 471 g/mol. The maximum atomic E-state index is 12.4. The van der Waals surface area contributed by atoms with Gasteiger partial charge < -0.3 is 20.4 Å². The first-order chi connectivity index (χ1) is 14.6. The Balaban J connectivity index is 1.59. The number of halogens is 1. The SMILES string of the molecule is COc1ccccc1CCC(=O)NC[C@@H](Cc1c[nH]c2ccccc12)NC(=O)CBr. The van der Waals surface area contributed by atoms with E-state index in [0.29, 0.717) is 25.8 Å². The Hall–Kier alpha value is -2.80. The van der Waals surface area contributed by atoms with Crippen molar-refractivity contribution in [2.45, 2.75) is 25.3 Å². The first-order valence-electron chi connectivity index (χ1n) is 9.89. The van der Waals surface area contributed by atoms with E-state index in [0.717, 1.165) is 27.8 Å². The average Bonchev–Trinajstić information content (AvgIpc) is 3.18. The van der Waals surface area contributed by atoms with Crippen molar-refractivity contribution in [1.82, 2.24) is 15.6 Å². The standard InChI is InChI=1S/C23H26BrN3O3/c1-30-21-9-5-2-6-16(21)10-11-22(28)26-15-18(27-23(29)13-24)12-17-14-25-20-8-4-3-7-19(17)20/h2-9,14,18,25H,10-13,15H2,1H3,(H,26,28)(H,27,29)/t18-/m1/s1. The number of aromatic nitrogens is 1. The third-order valence-corrected chi connectivity index (χ3v) is 5.50. The summed E-state index contributed by atoms with van der Waals surface area (Å²) in [7, 11) is 1.63. The molecule has 3 rings (SSSR count). The molecule has 7 heteroatoms. The second kappa shape index (κ2) is 10.8. The topological polar surface area (TPSA) is 83.2 Å². The van der Waals surface area contributed by atoms with Crippen LogP contribution < -0.4 is 15.4 Å². The van der Waals surface area contributed by atoms with Crippen LogP contribution in [0, 0.1) is 0 Å². The molecular formula is C23H26BrN3O3. The van der Waals surface area contributed by atoms with E-state index in [1.54, 1.807) is 7.11 Å². The Morgan fingerprint density at radius 3 is 2.63 bits per heavy atom. The van der Waals surface area contributed by atoms with Crippen LogP contribution in [0.3, 0.4) is 0 Å². The van der Waals surface area contributed by atoms with E-state index in [2.05, 4.69) is 37.6 Å². The number of benzene rings is 2. The van der Waals surface area contributed by atoms with Crippen LogP contribution in [-0.4, -0.2) is 41.8 Å². The van der Waals surface area contributed by atoms with E-state index in [1.807, 2.05) is 48.7 Å². The van der Waals surface area contributed by atoms with Gasteiger partial charge in [0.25, 0.3) is 0 Å². The second-order valence-corrected chi connectivity index (χ2v) is 7.64. The molecule has 3 N–H and O–H groups in total. The number of aryl methyl sites for hydroxylation is 1. The largest absolute Gasteiger partial charge is 0.496 e. The van der Waals surface area contributed by atoms with E-state index in [1.165, 1.54) is 0 Å². The quantitative estimate of drug-likeness (QED) is 0.396. The fraction of sp³-hybridized carbons (Fsp3) is 0.304. The molecule has 0 aliphatic carbocycles. The number of carbonyl (C=O) groups excluding carboxylic acids is 2. The van der Waals surface area contributed by atoms with Gasteiger partial charge in [0, 0.05) is 30.1 Å². The molecule has 1 atom stereocenters. The van der Waals surface area contributed by atoms with Crippen molar-refractivity contribution < 1.29 is 14.3 Å². The van der Waals surface area contributed by atoms with Gasteiger partial charge in [0.2, 0.25) is 11.8 Å². The molecular weight excluding hydrogens is 446 g/mol. The molecule has 2 aromatic carbocycles. The Bertz CT molecular complexity index is 1000. The lowest BCUT2D eigenvalue weighted by molar-refractivity contribution is -0.122. The summed E-state index contributed by atoms with van der Waals surface area (Å²) in [5.41, 5.74) is 3.16. The number of rotatable bonds is 10. The fourth-order valence-corrected chi connectivity index (χ4v) is 3.65. The first kappa shape index (κ1) is 21.9. The summed E-state index contributed by atoms with van der Waals surface area (Å²) in [6.07, 6.45) is 3.53. The highest BCUT2D eigenvalue weighted by molar-refractivity contribution is 9.09. The van der Waals surface area contributed by atoms with Crippen LogP contribution in [0.1, 0.15) is 17.5 Å². The van der Waals surface area contributed by atoms with Gasteiger partial charge in [0.05, 0.1) is 18.5 Å². The molecule has 6 nitrogen and oxygen atoms in total. The van der Waals surface area contributed by atoms with Crippen LogP contribution in [0.5, 0.6) is 5.75 Å². The summed E-state index contributed by atoms with van der Waals surface area (Å²) < 4.78 is 5.34. The van der Waals surface area contributed by atoms with Gasteiger partial charge in [-0.1, -0.05) is 52.3 Å². The minimum absolute atomic E-state index is 0.0575. The van der Waals surface area contributed by atoms with Gasteiger partial charge >= 0.3 is 0 Å². The number of alkyl halides is 1. The minimum atomic E-state index is -0.204. The van der Waals surface area contributed by atoms with E-state index in [-0.39, 0.29) is 23.2 Å². The summed E-state index contributed by atoms with van der Waals surface area (Å²) in [5, 5.41) is 7.29. The van der Waals surface area contributed by atoms with Crippen molar-refractivity contribution in [3.63, 3.8) is 0 Å². The van der Waals surface area contributed by atoms with Crippen molar-refractivity contribution in [2.24, 2.45) is 0 Å². The number of nitrogens with one attached hydrogen (secondary N) is 3. The normalized spacial score (nSPS) is 11.8. The van der Waals surface area contributed by atoms with Crippen LogP contribution in [-0.2, 0) is 22.4 Å². The third-order valence-electron chi connectivity index (χ3n) is 4.99. The number of H-pyrrole nitrogens is 1. The summed E-state index contributed by atoms with van der Waals surface area (Å²) in [6, 6.07) is 15.5. The van der Waals surface area contributed by atoms with E-state index < -0.39 is 0 Å². The highest BCUT2D eigenvalue weighted by atomic mass is 79.9. The number of hydrogen-bond donors (Lipinski definition) is 3. The molecule has 0 saturated carbocycles. The van der Waals surface area contributed by atoms with Gasteiger partial charge in [-0.3, -0.25) is 9.59 Å². The maximum absolute atomic E-state index is 12.4. The van der Waals surface area contributed by atoms with E-state index in [4.69, 9.17) is 4.74 Å². The molecule has 0 aliphatic rings. The zero-order valence-electron chi connectivity index (χ0n) is 16.9. The number of ether oxygens (including phenoxy) is 1. The van der Waals surface area contributed by atoms with E-state index >= 15 is 0 Å². The number of fused-ring (bicyclic) bond motifs is 1. The molecule has 0 radical (unpaired) electrons. The fourth-order valence-electron chi connectivity index (χ4n) is 3.49. The number of aromatic amines is 1. The number of para-hydroxylation sites is 2. The van der Waals surface area contributed by atoms with Crippen molar-refractivity contribution >= 4 is 38.6 Å². The second-order valence-electron chi connectivity index (χ2n) is 7.08. The van der Waals surface area contributed by atoms with Crippen LogP contribution in [0.4, 0.5) is 0 Å². The number of hydrogen-bond acceptors (Lipinski definition) is 3. The lowest BCUT2D eigenvalue weighted by Crippen LogP contribution is -2.45. The van der Waals surface area contributed by atoms with Crippen LogP contribution in [0.2, 0.25) is 0 Å². The lowest BCUT2D eigenvalue weighted by Gasteiger charge is -2.19. The van der Waals surface area contributed by atoms with Gasteiger partial charge in [-0.25, -0.2) is 0 Å². The predicted octanol–water partition coefficient (Wildman–Crippen LogP) is 3.35. The van der Waals surface area contributed by atoms with Crippen molar-refractivity contribution in [3.8, 4) is 5.75 Å². The summed E-state index contributed by atoms with van der Waals surface area (Å²) in [6.45, 7) is 0.364. The zero-order chi connectivity index (χ0) is 21.3. The van der Waals surface area contributed by atoms with Gasteiger partial charge in [0.15, 0.2) is 0 Å². The van der Waals surface area contributed by atoms with Gasteiger partial charge in [-0.2, -0.15) is 0 Å². The Kier molecular flexibility index (Phi) is 7.90. The molecule has 0 spiro atoms. The maximum Gasteiger partial charge on any atom is 0.230 e. The number of amides is 2. The van der Waals surface area contributed by atoms with Gasteiger partial charge in [-0.05, 0) is 36.1 Å². The lowest BCUT2D eigenvalue weighted by atomic mass is 10.0. The molecule has 0 aliphatic heterocycles. The molecule has 3 aromatic rings. The first-order valence-corrected chi connectivity index (χ1v) is 11.0. The van der Waals surface area contributed by atoms with Crippen LogP contribution >= 0.6 is 15.9 Å². The van der Waals surface area contributed by atoms with Crippen molar-refractivity contribution in [2.75, 3.05) is 19.0 Å². The molecule has 1 heterocycles. The van der Waals surface area contributed by atoms with E-state index in [9.17, 15) is 9.59 Å². The summed E-state index contributed by atoms with van der Waals surface area (Å²) >= 11 is 3.19. The Labute approximate surface area is 184 Å². The molecule has 0 saturated heterocycles. The summed E-state index contributed by atoms with van der Waals surface area (Å²) in [5.74, 6) is 0.619. The Morgan fingerprint density at radius 2 is 1.83 bits per heavy atom. The van der Waals surface area contributed by atoms with Crippen LogP contribution in [0.25, 0.3) is 10.9 Å². The molecule has 30 heavy (non-hydrogen) atoms. The highest BCUT2D eigenvalue weighted by Crippen LogP contribution is 2.20. The molecule has 158 valence electrons. The average molecular weight is 472 g/mol. The molecule has 2 amide bonds. The smallest absolute Gasteiger partial charge is 0.230 e. The molecule has 1 aromatic heterocycles. The molecule has 0 fully saturated rings. The Morgan fingerprint density at radius 1 is 1.07 bits per heavy atom. The number of carbonyl (C=O) groups is 2. The van der Waals surface area contributed by atoms with Crippen molar-refractivity contribution in [1.29, 1.82) is 0 Å². The van der Waals surface area contributed by atoms with Crippen molar-refractivity contribution in [3.05, 3.63) is 65.9 Å². The third kappa shape index (κ3) is 5.86. The predicted molar refractivity (Wildman–Crippen MR) is 122 cm³/mol. The van der Waals surface area contributed by atoms with Gasteiger partial charge in [0.1, 0.15) is 5.75 Å². The summed E-state index contributed by atoms with van der Waals surface area (Å²) in [4.78, 5) is 27.6. The zero-order valence-corrected chi connectivity index (χ0v) is 18.5. The molecule has 0 unspecified atom stereocenters. The minimum Gasteiger partial charge on any atom is -0.496 e. The van der Waals surface area contributed by atoms with Gasteiger partial charge in [-0.15, -0.1) is 0 Å². The highest BCUT2D eigenvalue weighted by Gasteiger charge is 2.16.